The van der Waals surface area contributed by atoms with Crippen LogP contribution in [0.25, 0.3) is 10.9 Å². The van der Waals surface area contributed by atoms with Crippen LogP contribution in [0.1, 0.15) is 19.3 Å². The van der Waals surface area contributed by atoms with E-state index >= 15 is 0 Å². The van der Waals surface area contributed by atoms with Crippen LogP contribution in [0.15, 0.2) is 24.5 Å². The lowest BCUT2D eigenvalue weighted by atomic mass is 10.2. The predicted molar refractivity (Wildman–Crippen MR) is 76.8 cm³/mol. The fraction of sp³-hybridized carbons (Fsp3) is 0.357. The number of nitro benzene ring substituents is 1. The van der Waals surface area contributed by atoms with Gasteiger partial charge in [0.15, 0.2) is 0 Å². The highest BCUT2D eigenvalue weighted by Gasteiger charge is 2.31. The third-order valence-electron chi connectivity index (χ3n) is 3.53. The number of nitrogens with zero attached hydrogens (tertiary/aromatic N) is 5. The summed E-state index contributed by atoms with van der Waals surface area (Å²) in [6, 6.07) is 7.09. The normalized spacial score (nSPS) is 13.9. The molecule has 106 valence electrons. The van der Waals surface area contributed by atoms with Crippen molar-refractivity contribution in [1.29, 1.82) is 5.26 Å². The SMILES string of the molecule is N#CCCN(c1ncnc2ccc([N+](=O)[O-])cc12)C1CC1. The van der Waals surface area contributed by atoms with Crippen LogP contribution in [-0.2, 0) is 0 Å². The number of anilines is 1. The minimum Gasteiger partial charge on any atom is -0.352 e. The van der Waals surface area contributed by atoms with Crippen molar-refractivity contribution >= 4 is 22.4 Å². The third-order valence-corrected chi connectivity index (χ3v) is 3.53. The van der Waals surface area contributed by atoms with Crippen LogP contribution in [0.2, 0.25) is 0 Å². The number of fused-ring (bicyclic) bond motifs is 1. The van der Waals surface area contributed by atoms with E-state index in [4.69, 9.17) is 5.26 Å². The molecule has 0 radical (unpaired) electrons. The first-order chi connectivity index (χ1) is 10.2. The predicted octanol–water partition coefficient (Wildman–Crippen LogP) is 2.42. The Labute approximate surface area is 121 Å². The van der Waals surface area contributed by atoms with Crippen LogP contribution in [0, 0.1) is 21.4 Å². The van der Waals surface area contributed by atoms with Crippen molar-refractivity contribution in [3.8, 4) is 6.07 Å². The van der Waals surface area contributed by atoms with E-state index < -0.39 is 4.92 Å². The summed E-state index contributed by atoms with van der Waals surface area (Å²) >= 11 is 0. The van der Waals surface area contributed by atoms with Gasteiger partial charge in [-0.15, -0.1) is 0 Å². The maximum Gasteiger partial charge on any atom is 0.270 e. The molecule has 1 heterocycles. The zero-order valence-corrected chi connectivity index (χ0v) is 11.3. The molecule has 0 spiro atoms. The number of non-ortho nitro benzene ring substituents is 1. The third kappa shape index (κ3) is 2.60. The molecule has 1 aliphatic rings. The molecule has 1 aromatic carbocycles. The van der Waals surface area contributed by atoms with E-state index in [9.17, 15) is 10.1 Å². The zero-order chi connectivity index (χ0) is 14.8. The quantitative estimate of drug-likeness (QED) is 0.617. The number of nitro groups is 1. The molecule has 1 fully saturated rings. The summed E-state index contributed by atoms with van der Waals surface area (Å²) in [4.78, 5) is 21.1. The summed E-state index contributed by atoms with van der Waals surface area (Å²) < 4.78 is 0. The highest BCUT2D eigenvalue weighted by atomic mass is 16.6. The van der Waals surface area contributed by atoms with Crippen molar-refractivity contribution < 1.29 is 4.92 Å². The number of hydrogen-bond acceptors (Lipinski definition) is 6. The Morgan fingerprint density at radius 2 is 2.24 bits per heavy atom. The number of rotatable bonds is 5. The number of benzene rings is 1. The van der Waals surface area contributed by atoms with Gasteiger partial charge in [0.1, 0.15) is 12.1 Å². The van der Waals surface area contributed by atoms with Crippen molar-refractivity contribution in [3.05, 3.63) is 34.6 Å². The molecule has 1 aliphatic carbocycles. The Morgan fingerprint density at radius 1 is 1.43 bits per heavy atom. The Hall–Kier alpha value is -2.75. The molecule has 0 aliphatic heterocycles. The lowest BCUT2D eigenvalue weighted by Crippen LogP contribution is -2.27. The summed E-state index contributed by atoms with van der Waals surface area (Å²) in [7, 11) is 0. The van der Waals surface area contributed by atoms with Crippen molar-refractivity contribution in [1.82, 2.24) is 9.97 Å². The number of hydrogen-bond donors (Lipinski definition) is 0. The van der Waals surface area contributed by atoms with Gasteiger partial charge in [-0.1, -0.05) is 0 Å². The van der Waals surface area contributed by atoms with Gasteiger partial charge >= 0.3 is 0 Å². The van der Waals surface area contributed by atoms with Gasteiger partial charge in [-0.2, -0.15) is 5.26 Å². The van der Waals surface area contributed by atoms with Crippen LogP contribution in [0.3, 0.4) is 0 Å². The lowest BCUT2D eigenvalue weighted by molar-refractivity contribution is -0.384. The van der Waals surface area contributed by atoms with Gasteiger partial charge < -0.3 is 4.90 Å². The Morgan fingerprint density at radius 3 is 2.90 bits per heavy atom. The Balaban J connectivity index is 2.09. The second-order valence-electron chi connectivity index (χ2n) is 4.99. The average molecular weight is 283 g/mol. The van der Waals surface area contributed by atoms with Crippen LogP contribution in [0.4, 0.5) is 11.5 Å². The molecule has 0 saturated heterocycles. The largest absolute Gasteiger partial charge is 0.352 e. The minimum absolute atomic E-state index is 0.0228. The van der Waals surface area contributed by atoms with Crippen LogP contribution in [-0.4, -0.2) is 27.5 Å². The lowest BCUT2D eigenvalue weighted by Gasteiger charge is -2.23. The zero-order valence-electron chi connectivity index (χ0n) is 11.3. The molecule has 7 nitrogen and oxygen atoms in total. The van der Waals surface area contributed by atoms with Crippen molar-refractivity contribution in [2.45, 2.75) is 25.3 Å². The summed E-state index contributed by atoms with van der Waals surface area (Å²) in [5, 5.41) is 20.4. The smallest absolute Gasteiger partial charge is 0.270 e. The van der Waals surface area contributed by atoms with Gasteiger partial charge in [0, 0.05) is 30.1 Å². The number of aromatic nitrogens is 2. The van der Waals surface area contributed by atoms with Gasteiger partial charge in [0.25, 0.3) is 5.69 Å². The second kappa shape index (κ2) is 5.32. The molecule has 3 rings (SSSR count). The van der Waals surface area contributed by atoms with Gasteiger partial charge in [0.05, 0.1) is 22.9 Å². The second-order valence-corrected chi connectivity index (χ2v) is 4.99. The van der Waals surface area contributed by atoms with Crippen LogP contribution < -0.4 is 4.90 Å². The molecule has 0 bridgehead atoms. The first-order valence-electron chi connectivity index (χ1n) is 6.73. The van der Waals surface area contributed by atoms with Gasteiger partial charge in [0.2, 0.25) is 0 Å². The standard InChI is InChI=1S/C14H13N5O2/c15-6-1-7-18(10-2-3-10)14-12-8-11(19(20)21)4-5-13(12)16-9-17-14/h4-5,8-10H,1-3,7H2. The summed E-state index contributed by atoms with van der Waals surface area (Å²) in [6.45, 7) is 0.579. The molecule has 21 heavy (non-hydrogen) atoms. The van der Waals surface area contributed by atoms with E-state index in [2.05, 4.69) is 20.9 Å². The molecule has 0 N–H and O–H groups in total. The minimum atomic E-state index is -0.424. The maximum atomic E-state index is 11.0. The molecule has 0 amide bonds. The van der Waals surface area contributed by atoms with E-state index in [0.29, 0.717) is 35.7 Å². The Kier molecular flexibility index (Phi) is 3.36. The molecular formula is C14H13N5O2. The van der Waals surface area contributed by atoms with E-state index in [-0.39, 0.29) is 5.69 Å². The van der Waals surface area contributed by atoms with E-state index in [1.165, 1.54) is 18.5 Å². The van der Waals surface area contributed by atoms with E-state index in [1.807, 2.05) is 0 Å². The molecule has 0 atom stereocenters. The summed E-state index contributed by atoms with van der Waals surface area (Å²) in [5.41, 5.74) is 0.697. The molecule has 1 aromatic heterocycles. The number of nitriles is 1. The van der Waals surface area contributed by atoms with E-state index in [0.717, 1.165) is 12.8 Å². The van der Waals surface area contributed by atoms with E-state index in [1.54, 1.807) is 6.07 Å². The summed E-state index contributed by atoms with van der Waals surface area (Å²) in [5.74, 6) is 0.682. The van der Waals surface area contributed by atoms with Gasteiger partial charge in [-0.05, 0) is 18.9 Å². The van der Waals surface area contributed by atoms with Gasteiger partial charge in [-0.3, -0.25) is 10.1 Å². The first kappa shape index (κ1) is 13.2. The molecule has 0 unspecified atom stereocenters. The monoisotopic (exact) mass is 283 g/mol. The topological polar surface area (TPSA) is 96.0 Å². The first-order valence-corrected chi connectivity index (χ1v) is 6.73. The molecule has 2 aromatic rings. The van der Waals surface area contributed by atoms with Crippen molar-refractivity contribution in [2.24, 2.45) is 0 Å². The van der Waals surface area contributed by atoms with Gasteiger partial charge in [-0.25, -0.2) is 9.97 Å². The summed E-state index contributed by atoms with van der Waals surface area (Å²) in [6.07, 6.45) is 3.99. The highest BCUT2D eigenvalue weighted by Crippen LogP contribution is 2.34. The average Bonchev–Trinajstić information content (AvgIpc) is 3.32. The maximum absolute atomic E-state index is 11.0. The Bertz CT molecular complexity index is 736. The van der Waals surface area contributed by atoms with Crippen LogP contribution in [0.5, 0.6) is 0 Å². The fourth-order valence-corrected chi connectivity index (χ4v) is 2.39. The van der Waals surface area contributed by atoms with Crippen molar-refractivity contribution in [2.75, 3.05) is 11.4 Å². The molecular weight excluding hydrogens is 270 g/mol. The molecule has 7 heteroatoms. The highest BCUT2D eigenvalue weighted by molar-refractivity contribution is 5.91. The fourth-order valence-electron chi connectivity index (χ4n) is 2.39. The van der Waals surface area contributed by atoms with Crippen LogP contribution >= 0.6 is 0 Å². The molecule has 1 saturated carbocycles. The van der Waals surface area contributed by atoms with Crippen molar-refractivity contribution in [3.63, 3.8) is 0 Å².